The van der Waals surface area contributed by atoms with Crippen LogP contribution in [0.25, 0.3) is 0 Å². The quantitative estimate of drug-likeness (QED) is 0.237. The van der Waals surface area contributed by atoms with Crippen LogP contribution in [-0.4, -0.2) is 38.2 Å². The zero-order valence-corrected chi connectivity index (χ0v) is 13.0. The highest BCUT2D eigenvalue weighted by Crippen LogP contribution is 2.03. The van der Waals surface area contributed by atoms with E-state index >= 15 is 0 Å². The first-order chi connectivity index (χ1) is 8.81. The maximum absolute atomic E-state index is 11.1. The Morgan fingerprint density at radius 3 is 2.56 bits per heavy atom. The fraction of sp³-hybridized carbons (Fsp3) is 0.750. The van der Waals surface area contributed by atoms with Crippen LogP contribution in [-0.2, 0) is 14.3 Å². The Labute approximate surface area is 119 Å². The maximum Gasteiger partial charge on any atom is 0.246 e. The van der Waals surface area contributed by atoms with E-state index in [9.17, 15) is 4.79 Å². The molecule has 0 spiro atoms. The number of carbonyl (C=O) groups is 1. The highest BCUT2D eigenvalue weighted by atomic mass is 33.1. The van der Waals surface area contributed by atoms with Crippen LogP contribution in [0.3, 0.4) is 0 Å². The summed E-state index contributed by atoms with van der Waals surface area (Å²) in [4.78, 5) is 11.1. The van der Waals surface area contributed by atoms with Gasteiger partial charge >= 0.3 is 0 Å². The van der Waals surface area contributed by atoms with Crippen molar-refractivity contribution in [3.8, 4) is 11.8 Å². The number of thiol groups is 1. The lowest BCUT2D eigenvalue weighted by molar-refractivity contribution is -0.125. The summed E-state index contributed by atoms with van der Waals surface area (Å²) in [5.74, 6) is 6.03. The molecule has 0 radical (unpaired) electrons. The predicted octanol–water partition coefficient (Wildman–Crippen LogP) is 2.11. The fourth-order valence-corrected chi connectivity index (χ4v) is 1.18. The van der Waals surface area contributed by atoms with Gasteiger partial charge in [-0.25, -0.2) is 0 Å². The number of nitrogens with one attached hydrogen (secondary N) is 1. The molecule has 0 fully saturated rings. The van der Waals surface area contributed by atoms with E-state index in [-0.39, 0.29) is 12.5 Å². The zero-order chi connectivity index (χ0) is 14.1. The smallest absolute Gasteiger partial charge is 0.246 e. The Bertz CT molecular complexity index is 239. The van der Waals surface area contributed by atoms with Crippen LogP contribution >= 0.6 is 22.5 Å². The molecule has 0 bridgehead atoms. The molecule has 106 valence electrons. The molecule has 0 heterocycles. The van der Waals surface area contributed by atoms with Gasteiger partial charge in [-0.3, -0.25) is 4.79 Å². The zero-order valence-electron chi connectivity index (χ0n) is 11.3. The van der Waals surface area contributed by atoms with Crippen molar-refractivity contribution < 1.29 is 14.3 Å². The van der Waals surface area contributed by atoms with E-state index in [0.717, 1.165) is 6.42 Å². The number of carbonyl (C=O) groups excluding carboxylic acids is 1. The second kappa shape index (κ2) is 19.0. The standard InChI is InChI=1S/C10H17NO3S2.C2H6/c1-2-3-4-5-11-10(12)8-13-6-7-14-9-16-15;1-2/h15H,2,5-9H2,1H3,(H,11,12);1-2H3. The Kier molecular flexibility index (Phi) is 21.1. The van der Waals surface area contributed by atoms with E-state index < -0.39 is 0 Å². The average molecular weight is 293 g/mol. The van der Waals surface area contributed by atoms with E-state index in [0.29, 0.717) is 25.7 Å². The highest BCUT2D eigenvalue weighted by Gasteiger charge is 1.98. The van der Waals surface area contributed by atoms with Crippen molar-refractivity contribution in [2.45, 2.75) is 27.2 Å². The molecule has 0 aromatic rings. The number of hydrogen-bond acceptors (Lipinski definition) is 5. The van der Waals surface area contributed by atoms with Gasteiger partial charge in [0.25, 0.3) is 0 Å². The van der Waals surface area contributed by atoms with Crippen molar-refractivity contribution in [1.82, 2.24) is 5.32 Å². The summed E-state index contributed by atoms with van der Waals surface area (Å²) in [6.07, 6.45) is 0.798. The molecule has 1 amide bonds. The van der Waals surface area contributed by atoms with E-state index in [1.807, 2.05) is 20.8 Å². The first-order valence-corrected chi connectivity index (χ1v) is 7.99. The summed E-state index contributed by atoms with van der Waals surface area (Å²) in [7, 11) is 1.30. The molecular formula is C12H23NO3S2. The SMILES string of the molecule is CC.CCC#CCNC(=O)COCCOCSS. The van der Waals surface area contributed by atoms with Gasteiger partial charge in [0.15, 0.2) is 0 Å². The van der Waals surface area contributed by atoms with Crippen LogP contribution in [0, 0.1) is 11.8 Å². The number of rotatable bonds is 8. The second-order valence-electron chi connectivity index (χ2n) is 2.69. The Morgan fingerprint density at radius 2 is 1.94 bits per heavy atom. The van der Waals surface area contributed by atoms with Gasteiger partial charge in [0, 0.05) is 6.42 Å². The van der Waals surface area contributed by atoms with Gasteiger partial charge in [0.1, 0.15) is 12.5 Å². The topological polar surface area (TPSA) is 47.6 Å². The number of amides is 1. The maximum atomic E-state index is 11.1. The summed E-state index contributed by atoms with van der Waals surface area (Å²) in [5, 5.41) is 2.62. The largest absolute Gasteiger partial charge is 0.369 e. The van der Waals surface area contributed by atoms with E-state index in [1.54, 1.807) is 0 Å². The minimum absolute atomic E-state index is 0.0468. The highest BCUT2D eigenvalue weighted by molar-refractivity contribution is 8.68. The summed E-state index contributed by atoms with van der Waals surface area (Å²) in [5.41, 5.74) is 0. The minimum Gasteiger partial charge on any atom is -0.369 e. The fourth-order valence-electron chi connectivity index (χ4n) is 0.760. The average Bonchev–Trinajstić information content (AvgIpc) is 2.41. The number of ether oxygens (including phenoxy) is 2. The Balaban J connectivity index is 0. The molecular weight excluding hydrogens is 270 g/mol. The van der Waals surface area contributed by atoms with Gasteiger partial charge in [-0.2, -0.15) is 0 Å². The minimum atomic E-state index is -0.158. The van der Waals surface area contributed by atoms with Crippen molar-refractivity contribution in [1.29, 1.82) is 0 Å². The Morgan fingerprint density at radius 1 is 1.28 bits per heavy atom. The molecule has 0 aliphatic rings. The summed E-state index contributed by atoms with van der Waals surface area (Å²) in [6.45, 7) is 7.26. The molecule has 0 aromatic carbocycles. The molecule has 0 unspecified atom stereocenters. The molecule has 0 aliphatic carbocycles. The van der Waals surface area contributed by atoms with Crippen molar-refractivity contribution in [2.75, 3.05) is 32.3 Å². The lowest BCUT2D eigenvalue weighted by Gasteiger charge is -2.04. The van der Waals surface area contributed by atoms with Crippen LogP contribution in [0.4, 0.5) is 0 Å². The van der Waals surface area contributed by atoms with Gasteiger partial charge in [0.2, 0.25) is 5.91 Å². The molecule has 0 atom stereocenters. The predicted molar refractivity (Wildman–Crippen MR) is 80.6 cm³/mol. The summed E-state index contributed by atoms with van der Waals surface area (Å²) < 4.78 is 10.2. The summed E-state index contributed by atoms with van der Waals surface area (Å²) in [6, 6.07) is 0. The van der Waals surface area contributed by atoms with Gasteiger partial charge in [0.05, 0.1) is 19.8 Å². The third-order valence-corrected chi connectivity index (χ3v) is 2.01. The molecule has 0 saturated carbocycles. The molecule has 0 saturated heterocycles. The van der Waals surface area contributed by atoms with Crippen molar-refractivity contribution >= 4 is 28.4 Å². The lowest BCUT2D eigenvalue weighted by atomic mass is 10.4. The molecule has 4 nitrogen and oxygen atoms in total. The van der Waals surface area contributed by atoms with Crippen molar-refractivity contribution in [3.63, 3.8) is 0 Å². The molecule has 0 aliphatic heterocycles. The van der Waals surface area contributed by atoms with Crippen LogP contribution in [0.1, 0.15) is 27.2 Å². The van der Waals surface area contributed by atoms with Gasteiger partial charge in [-0.1, -0.05) is 37.5 Å². The third-order valence-electron chi connectivity index (χ3n) is 1.42. The Hall–Kier alpha value is -0.350. The normalized spacial score (nSPS) is 8.67. The molecule has 6 heteroatoms. The van der Waals surface area contributed by atoms with E-state index in [2.05, 4.69) is 28.8 Å². The first kappa shape index (κ1) is 20.0. The lowest BCUT2D eigenvalue weighted by Crippen LogP contribution is -2.28. The van der Waals surface area contributed by atoms with Gasteiger partial charge in [-0.05, 0) is 0 Å². The summed E-state index contributed by atoms with van der Waals surface area (Å²) >= 11 is 3.91. The molecule has 0 rings (SSSR count). The molecule has 18 heavy (non-hydrogen) atoms. The van der Waals surface area contributed by atoms with Crippen molar-refractivity contribution in [3.05, 3.63) is 0 Å². The van der Waals surface area contributed by atoms with Crippen LogP contribution < -0.4 is 5.32 Å². The van der Waals surface area contributed by atoms with Gasteiger partial charge in [-0.15, -0.1) is 17.6 Å². The van der Waals surface area contributed by atoms with Crippen LogP contribution in [0.15, 0.2) is 0 Å². The third kappa shape index (κ3) is 18.0. The monoisotopic (exact) mass is 293 g/mol. The van der Waals surface area contributed by atoms with Crippen LogP contribution in [0.2, 0.25) is 0 Å². The van der Waals surface area contributed by atoms with E-state index in [1.165, 1.54) is 10.8 Å². The van der Waals surface area contributed by atoms with Crippen molar-refractivity contribution in [2.24, 2.45) is 0 Å². The second-order valence-corrected chi connectivity index (χ2v) is 3.96. The number of hydrogen-bond donors (Lipinski definition) is 2. The first-order valence-electron chi connectivity index (χ1n) is 5.95. The van der Waals surface area contributed by atoms with Crippen LogP contribution in [0.5, 0.6) is 0 Å². The molecule has 1 N–H and O–H groups in total. The molecule has 0 aromatic heterocycles. The van der Waals surface area contributed by atoms with E-state index in [4.69, 9.17) is 9.47 Å². The van der Waals surface area contributed by atoms with Gasteiger partial charge < -0.3 is 14.8 Å².